The van der Waals surface area contributed by atoms with Crippen LogP contribution in [0.2, 0.25) is 5.02 Å². The van der Waals surface area contributed by atoms with Crippen LogP contribution < -0.4 is 16.0 Å². The molecule has 174 valence electrons. The van der Waals surface area contributed by atoms with Crippen LogP contribution in [0, 0.1) is 19.8 Å². The van der Waals surface area contributed by atoms with Gasteiger partial charge in [0.15, 0.2) is 0 Å². The molecule has 9 heteroatoms. The van der Waals surface area contributed by atoms with E-state index in [2.05, 4.69) is 16.0 Å². The number of carbonyl (C=O) groups excluding carboxylic acids is 4. The summed E-state index contributed by atoms with van der Waals surface area (Å²) in [4.78, 5) is 51.3. The van der Waals surface area contributed by atoms with Gasteiger partial charge in [-0.2, -0.15) is 0 Å². The lowest BCUT2D eigenvalue weighted by atomic mass is 9.99. The zero-order valence-corrected chi connectivity index (χ0v) is 20.0. The molecule has 33 heavy (non-hydrogen) atoms. The number of anilines is 1. The van der Waals surface area contributed by atoms with Crippen molar-refractivity contribution in [2.24, 2.45) is 5.92 Å². The first-order valence-corrected chi connectivity index (χ1v) is 11.2. The Labute approximate surface area is 197 Å². The minimum Gasteiger partial charge on any atom is -0.357 e. The molecule has 1 saturated carbocycles. The molecule has 4 rings (SSSR count). The lowest BCUT2D eigenvalue weighted by Crippen LogP contribution is -2.55. The average molecular weight is 471 g/mol. The quantitative estimate of drug-likeness (QED) is 0.445. The smallest absolute Gasteiger partial charge is 0.293 e. The van der Waals surface area contributed by atoms with Gasteiger partial charge in [0.2, 0.25) is 5.91 Å². The predicted molar refractivity (Wildman–Crippen MR) is 125 cm³/mol. The van der Waals surface area contributed by atoms with E-state index >= 15 is 0 Å². The van der Waals surface area contributed by atoms with Gasteiger partial charge in [0.05, 0.1) is 5.56 Å². The number of nitrogens with zero attached hydrogens (tertiary/aromatic N) is 1. The summed E-state index contributed by atoms with van der Waals surface area (Å²) in [6.07, 6.45) is 1.59. The van der Waals surface area contributed by atoms with E-state index in [0.717, 1.165) is 12.0 Å². The maximum Gasteiger partial charge on any atom is 0.293 e. The van der Waals surface area contributed by atoms with Crippen molar-refractivity contribution in [3.05, 3.63) is 51.3 Å². The van der Waals surface area contributed by atoms with Crippen molar-refractivity contribution in [2.75, 3.05) is 12.4 Å². The number of rotatable bonds is 6. The summed E-state index contributed by atoms with van der Waals surface area (Å²) in [6, 6.07) is 5.42. The summed E-state index contributed by atoms with van der Waals surface area (Å²) >= 11 is 6.19. The largest absolute Gasteiger partial charge is 0.357 e. The Kier molecular flexibility index (Phi) is 5.60. The number of hydrogen-bond donors (Lipinski definition) is 3. The maximum absolute atomic E-state index is 13.3. The van der Waals surface area contributed by atoms with Gasteiger partial charge in [0.1, 0.15) is 11.2 Å². The molecule has 0 spiro atoms. The first-order valence-electron chi connectivity index (χ1n) is 10.9. The fraction of sp³-hybridized carbons (Fsp3) is 0.417. The topological polar surface area (TPSA) is 109 Å². The van der Waals surface area contributed by atoms with E-state index in [1.807, 2.05) is 17.6 Å². The predicted octanol–water partition coefficient (Wildman–Crippen LogP) is 2.95. The SMILES string of the molecule is CNC(=O)C(C)(C)NC(=O)C(=O)c1c(C)c(C(=O)Nc2ccc(C)c(Cl)c2)n2c1CC1CC12. The van der Waals surface area contributed by atoms with E-state index in [-0.39, 0.29) is 17.5 Å². The second-order valence-corrected chi connectivity index (χ2v) is 9.75. The number of halogens is 1. The van der Waals surface area contributed by atoms with Crippen molar-refractivity contribution in [3.63, 3.8) is 0 Å². The maximum atomic E-state index is 13.3. The molecule has 1 aliphatic heterocycles. The number of amides is 3. The fourth-order valence-electron chi connectivity index (χ4n) is 4.62. The molecule has 0 radical (unpaired) electrons. The van der Waals surface area contributed by atoms with E-state index in [1.165, 1.54) is 20.9 Å². The number of aryl methyl sites for hydroxylation is 1. The molecule has 2 aliphatic rings. The van der Waals surface area contributed by atoms with Crippen LogP contribution in [0.1, 0.15) is 64.0 Å². The molecule has 1 aromatic carbocycles. The Morgan fingerprint density at radius 3 is 2.48 bits per heavy atom. The molecule has 0 bridgehead atoms. The molecule has 2 unspecified atom stereocenters. The van der Waals surface area contributed by atoms with Gasteiger partial charge in [-0.3, -0.25) is 19.2 Å². The highest BCUT2D eigenvalue weighted by molar-refractivity contribution is 6.44. The van der Waals surface area contributed by atoms with Crippen LogP contribution in [-0.4, -0.2) is 40.7 Å². The lowest BCUT2D eigenvalue weighted by molar-refractivity contribution is -0.130. The number of aromatic nitrogens is 1. The van der Waals surface area contributed by atoms with E-state index < -0.39 is 23.1 Å². The first-order chi connectivity index (χ1) is 15.5. The van der Waals surface area contributed by atoms with E-state index in [9.17, 15) is 19.2 Å². The monoisotopic (exact) mass is 470 g/mol. The number of nitrogens with one attached hydrogen (secondary N) is 3. The van der Waals surface area contributed by atoms with Gasteiger partial charge >= 0.3 is 0 Å². The third-order valence-corrected chi connectivity index (χ3v) is 6.93. The summed E-state index contributed by atoms with van der Waals surface area (Å²) < 4.78 is 1.91. The van der Waals surface area contributed by atoms with Crippen LogP contribution in [0.4, 0.5) is 5.69 Å². The molecular formula is C24H27ClN4O4. The molecule has 8 nitrogen and oxygen atoms in total. The second kappa shape index (κ2) is 8.02. The van der Waals surface area contributed by atoms with Crippen molar-refractivity contribution in [1.29, 1.82) is 0 Å². The number of likely N-dealkylation sites (N-methyl/N-ethyl adjacent to an activating group) is 1. The fourth-order valence-corrected chi connectivity index (χ4v) is 4.80. The summed E-state index contributed by atoms with van der Waals surface area (Å²) in [5.74, 6) is -2.02. The highest BCUT2D eigenvalue weighted by atomic mass is 35.5. The number of Topliss-reactive ketones (excluding diaryl/α,β-unsaturated/α-hetero) is 1. The van der Waals surface area contributed by atoms with Gasteiger partial charge in [-0.1, -0.05) is 17.7 Å². The zero-order valence-electron chi connectivity index (χ0n) is 19.3. The summed E-state index contributed by atoms with van der Waals surface area (Å²) in [5, 5.41) is 8.39. The van der Waals surface area contributed by atoms with Crippen molar-refractivity contribution in [3.8, 4) is 0 Å². The molecular weight excluding hydrogens is 444 g/mol. The Hall–Kier alpha value is -3.13. The van der Waals surface area contributed by atoms with Crippen LogP contribution in [0.3, 0.4) is 0 Å². The molecule has 2 atom stereocenters. The zero-order chi connectivity index (χ0) is 24.2. The van der Waals surface area contributed by atoms with Crippen LogP contribution >= 0.6 is 11.6 Å². The average Bonchev–Trinajstić information content (AvgIpc) is 3.33. The number of benzene rings is 1. The Bertz CT molecular complexity index is 1210. The summed E-state index contributed by atoms with van der Waals surface area (Å²) in [5.41, 5.74) is 1.99. The third-order valence-electron chi connectivity index (χ3n) is 6.52. The molecule has 2 aromatic rings. The second-order valence-electron chi connectivity index (χ2n) is 9.34. The Morgan fingerprint density at radius 1 is 1.15 bits per heavy atom. The summed E-state index contributed by atoms with van der Waals surface area (Å²) in [6.45, 7) is 6.60. The van der Waals surface area contributed by atoms with Crippen molar-refractivity contribution < 1.29 is 19.2 Å². The molecule has 1 fully saturated rings. The molecule has 2 heterocycles. The molecule has 3 N–H and O–H groups in total. The van der Waals surface area contributed by atoms with Gasteiger partial charge in [0, 0.05) is 29.5 Å². The normalized spacial score (nSPS) is 18.2. The van der Waals surface area contributed by atoms with Crippen molar-refractivity contribution in [2.45, 2.75) is 52.1 Å². The number of ketones is 1. The van der Waals surface area contributed by atoms with Gasteiger partial charge in [0.25, 0.3) is 17.6 Å². The first kappa shape index (κ1) is 23.0. The van der Waals surface area contributed by atoms with Gasteiger partial charge in [-0.25, -0.2) is 0 Å². The van der Waals surface area contributed by atoms with E-state index in [0.29, 0.717) is 40.0 Å². The van der Waals surface area contributed by atoms with Gasteiger partial charge in [-0.05, 0) is 69.7 Å². The third kappa shape index (κ3) is 3.93. The van der Waals surface area contributed by atoms with E-state index in [1.54, 1.807) is 19.1 Å². The Morgan fingerprint density at radius 2 is 1.85 bits per heavy atom. The van der Waals surface area contributed by atoms with Crippen LogP contribution in [0.25, 0.3) is 0 Å². The van der Waals surface area contributed by atoms with E-state index in [4.69, 9.17) is 11.6 Å². The minimum atomic E-state index is -1.26. The van der Waals surface area contributed by atoms with Crippen LogP contribution in [-0.2, 0) is 16.0 Å². The molecule has 3 amide bonds. The van der Waals surface area contributed by atoms with Gasteiger partial charge < -0.3 is 20.5 Å². The molecule has 0 saturated heterocycles. The van der Waals surface area contributed by atoms with Crippen LogP contribution in [0.5, 0.6) is 0 Å². The molecule has 1 aliphatic carbocycles. The minimum absolute atomic E-state index is 0.160. The molecule has 1 aromatic heterocycles. The van der Waals surface area contributed by atoms with Crippen molar-refractivity contribution in [1.82, 2.24) is 15.2 Å². The van der Waals surface area contributed by atoms with Gasteiger partial charge in [-0.15, -0.1) is 0 Å². The van der Waals surface area contributed by atoms with Crippen molar-refractivity contribution >= 4 is 40.8 Å². The standard InChI is InChI=1S/C24H27ClN4O4/c1-11-6-7-14(10-15(11)25)27-21(31)19-12(2)18(17-9-13-8-16(13)29(17)19)20(30)22(32)28-24(3,4)23(33)26-5/h6-7,10,13,16H,8-9H2,1-5H3,(H,26,33)(H,27,31)(H,28,32). The highest BCUT2D eigenvalue weighted by Crippen LogP contribution is 2.54. The lowest BCUT2D eigenvalue weighted by Gasteiger charge is -2.23. The van der Waals surface area contributed by atoms with Crippen LogP contribution in [0.15, 0.2) is 18.2 Å². The number of hydrogen-bond acceptors (Lipinski definition) is 4. The number of carbonyl (C=O) groups is 4. The summed E-state index contributed by atoms with van der Waals surface area (Å²) in [7, 11) is 1.46. The number of fused-ring (bicyclic) bond motifs is 3. The highest BCUT2D eigenvalue weighted by Gasteiger charge is 2.50. The Balaban J connectivity index is 1.67.